The van der Waals surface area contributed by atoms with E-state index in [4.69, 9.17) is 17.3 Å². The number of amides is 1. The first-order chi connectivity index (χ1) is 10.1. The molecule has 122 valence electrons. The number of halogens is 6. The van der Waals surface area contributed by atoms with Crippen LogP contribution in [0.3, 0.4) is 0 Å². The number of alkyl halides is 3. The molecular formula is C13H12ClF5N2O. The van der Waals surface area contributed by atoms with Crippen LogP contribution in [-0.2, 0) is 0 Å². The fourth-order valence-corrected chi connectivity index (χ4v) is 2.64. The summed E-state index contributed by atoms with van der Waals surface area (Å²) in [6, 6.07) is -1.60. The number of rotatable bonds is 1. The predicted octanol–water partition coefficient (Wildman–Crippen LogP) is 3.11. The van der Waals surface area contributed by atoms with Crippen molar-refractivity contribution in [3.05, 3.63) is 34.4 Å². The number of carbonyl (C=O) groups is 1. The third kappa shape index (κ3) is 3.33. The minimum Gasteiger partial charge on any atom is -0.326 e. The molecule has 0 radical (unpaired) electrons. The number of likely N-dealkylation sites (tertiary alicyclic amines) is 1. The zero-order valence-corrected chi connectivity index (χ0v) is 11.9. The summed E-state index contributed by atoms with van der Waals surface area (Å²) in [7, 11) is 0. The lowest BCUT2D eigenvalue weighted by molar-refractivity contribution is -0.184. The largest absolute Gasteiger partial charge is 0.408 e. The maximum Gasteiger partial charge on any atom is 0.408 e. The molecule has 1 aromatic rings. The van der Waals surface area contributed by atoms with Crippen LogP contribution in [0.2, 0.25) is 5.02 Å². The Hall–Kier alpha value is -1.41. The van der Waals surface area contributed by atoms with Crippen LogP contribution < -0.4 is 5.73 Å². The van der Waals surface area contributed by atoms with Gasteiger partial charge in [0.2, 0.25) is 0 Å². The molecule has 9 heteroatoms. The molecule has 0 unspecified atom stereocenters. The average molecular weight is 343 g/mol. The van der Waals surface area contributed by atoms with Crippen LogP contribution in [0, 0.1) is 11.6 Å². The van der Waals surface area contributed by atoms with Gasteiger partial charge in [-0.2, -0.15) is 13.2 Å². The minimum absolute atomic E-state index is 0.111. The molecule has 0 aliphatic carbocycles. The third-order valence-electron chi connectivity index (χ3n) is 3.50. The Bertz CT molecular complexity index is 593. The van der Waals surface area contributed by atoms with Crippen molar-refractivity contribution in [1.29, 1.82) is 0 Å². The number of carbonyl (C=O) groups excluding carboxylic acids is 1. The fourth-order valence-electron chi connectivity index (χ4n) is 2.40. The van der Waals surface area contributed by atoms with Gasteiger partial charge in [-0.15, -0.1) is 0 Å². The van der Waals surface area contributed by atoms with Gasteiger partial charge < -0.3 is 10.6 Å². The standard InChI is InChI=1S/C13H12ClF5N2O/c14-8-4-10(16)9(15)3-7(8)12(22)21-5-6(20)1-2-11(21)13(17,18)19/h3-4,6,11H,1-2,5,20H2/t6-,11+/m1/s1. The molecule has 3 nitrogen and oxygen atoms in total. The Morgan fingerprint density at radius 3 is 2.41 bits per heavy atom. The summed E-state index contributed by atoms with van der Waals surface area (Å²) < 4.78 is 65.4. The lowest BCUT2D eigenvalue weighted by Crippen LogP contribution is -2.56. The maximum absolute atomic E-state index is 13.2. The fraction of sp³-hybridized carbons (Fsp3) is 0.462. The Labute approximate surface area is 127 Å². The van der Waals surface area contributed by atoms with Crippen LogP contribution in [-0.4, -0.2) is 35.6 Å². The van der Waals surface area contributed by atoms with Gasteiger partial charge in [-0.1, -0.05) is 11.6 Å². The molecular weight excluding hydrogens is 331 g/mol. The summed E-state index contributed by atoms with van der Waals surface area (Å²) in [4.78, 5) is 12.8. The highest BCUT2D eigenvalue weighted by molar-refractivity contribution is 6.33. The summed E-state index contributed by atoms with van der Waals surface area (Å²) in [5, 5.41) is -0.455. The number of nitrogens with zero attached hydrogens (tertiary/aromatic N) is 1. The Morgan fingerprint density at radius 2 is 1.82 bits per heavy atom. The smallest absolute Gasteiger partial charge is 0.326 e. The zero-order valence-electron chi connectivity index (χ0n) is 11.1. The van der Waals surface area contributed by atoms with Crippen LogP contribution in [0.4, 0.5) is 22.0 Å². The van der Waals surface area contributed by atoms with Gasteiger partial charge in [-0.05, 0) is 25.0 Å². The van der Waals surface area contributed by atoms with Crippen molar-refractivity contribution in [2.75, 3.05) is 6.54 Å². The van der Waals surface area contributed by atoms with E-state index in [1.165, 1.54) is 0 Å². The second-order valence-corrected chi connectivity index (χ2v) is 5.51. The SMILES string of the molecule is N[C@@H]1CC[C@@H](C(F)(F)F)N(C(=O)c2cc(F)c(F)cc2Cl)C1. The summed E-state index contributed by atoms with van der Waals surface area (Å²) >= 11 is 5.65. The van der Waals surface area contributed by atoms with Gasteiger partial charge in [0.25, 0.3) is 5.91 Å². The molecule has 1 aliphatic rings. The number of piperidine rings is 1. The lowest BCUT2D eigenvalue weighted by atomic mass is 9.97. The highest BCUT2D eigenvalue weighted by atomic mass is 35.5. The molecule has 1 heterocycles. The molecule has 0 bridgehead atoms. The van der Waals surface area contributed by atoms with Crippen LogP contribution in [0.15, 0.2) is 12.1 Å². The highest BCUT2D eigenvalue weighted by Crippen LogP contribution is 2.33. The molecule has 1 amide bonds. The van der Waals surface area contributed by atoms with E-state index >= 15 is 0 Å². The van der Waals surface area contributed by atoms with E-state index in [9.17, 15) is 26.7 Å². The van der Waals surface area contributed by atoms with Gasteiger partial charge in [-0.25, -0.2) is 8.78 Å². The van der Waals surface area contributed by atoms with E-state index in [0.717, 1.165) is 0 Å². The maximum atomic E-state index is 13.2. The van der Waals surface area contributed by atoms with E-state index in [2.05, 4.69) is 0 Å². The monoisotopic (exact) mass is 342 g/mol. The first kappa shape index (κ1) is 17.0. The van der Waals surface area contributed by atoms with Gasteiger partial charge in [0.05, 0.1) is 10.6 Å². The average Bonchev–Trinajstić information content (AvgIpc) is 2.40. The number of hydrogen-bond acceptors (Lipinski definition) is 2. The van der Waals surface area contributed by atoms with Crippen molar-refractivity contribution in [1.82, 2.24) is 4.90 Å². The molecule has 1 saturated heterocycles. The topological polar surface area (TPSA) is 46.3 Å². The predicted molar refractivity (Wildman–Crippen MR) is 69.5 cm³/mol. The van der Waals surface area contributed by atoms with Crippen LogP contribution >= 0.6 is 11.6 Å². The third-order valence-corrected chi connectivity index (χ3v) is 3.81. The summed E-state index contributed by atoms with van der Waals surface area (Å²) in [5.74, 6) is -3.77. The van der Waals surface area contributed by atoms with Crippen molar-refractivity contribution in [2.45, 2.75) is 31.1 Å². The van der Waals surface area contributed by atoms with Crippen molar-refractivity contribution in [2.24, 2.45) is 5.73 Å². The van der Waals surface area contributed by atoms with E-state index < -0.39 is 46.4 Å². The van der Waals surface area contributed by atoms with Gasteiger partial charge in [-0.3, -0.25) is 4.79 Å². The van der Waals surface area contributed by atoms with E-state index in [1.54, 1.807) is 0 Å². The lowest BCUT2D eigenvalue weighted by Gasteiger charge is -2.39. The first-order valence-corrected chi connectivity index (χ1v) is 6.77. The molecule has 1 fully saturated rings. The molecule has 2 rings (SSSR count). The number of hydrogen-bond donors (Lipinski definition) is 1. The number of benzene rings is 1. The second kappa shape index (κ2) is 6.00. The zero-order chi connectivity index (χ0) is 16.7. The van der Waals surface area contributed by atoms with Crippen molar-refractivity contribution in [3.8, 4) is 0 Å². The van der Waals surface area contributed by atoms with E-state index in [-0.39, 0.29) is 19.4 Å². The molecule has 0 spiro atoms. The molecule has 1 aliphatic heterocycles. The summed E-state index contributed by atoms with van der Waals surface area (Å²) in [6.07, 6.45) is -4.88. The Balaban J connectivity index is 2.39. The molecule has 0 aromatic heterocycles. The van der Waals surface area contributed by atoms with Crippen LogP contribution in [0.25, 0.3) is 0 Å². The molecule has 22 heavy (non-hydrogen) atoms. The van der Waals surface area contributed by atoms with Gasteiger partial charge in [0.15, 0.2) is 11.6 Å². The second-order valence-electron chi connectivity index (χ2n) is 5.10. The molecule has 2 N–H and O–H groups in total. The molecule has 2 atom stereocenters. The normalized spacial score (nSPS) is 22.8. The van der Waals surface area contributed by atoms with Gasteiger partial charge in [0.1, 0.15) is 6.04 Å². The van der Waals surface area contributed by atoms with Crippen molar-refractivity contribution < 1.29 is 26.7 Å². The molecule has 1 aromatic carbocycles. The Kier molecular flexibility index (Phi) is 4.62. The highest BCUT2D eigenvalue weighted by Gasteiger charge is 2.48. The van der Waals surface area contributed by atoms with Gasteiger partial charge >= 0.3 is 6.18 Å². The van der Waals surface area contributed by atoms with Crippen molar-refractivity contribution >= 4 is 17.5 Å². The first-order valence-electron chi connectivity index (χ1n) is 6.39. The number of nitrogens with two attached hydrogens (primary N) is 1. The van der Waals surface area contributed by atoms with Crippen LogP contribution in [0.1, 0.15) is 23.2 Å². The minimum atomic E-state index is -4.64. The van der Waals surface area contributed by atoms with Crippen LogP contribution in [0.5, 0.6) is 0 Å². The van der Waals surface area contributed by atoms with E-state index in [0.29, 0.717) is 17.0 Å². The summed E-state index contributed by atoms with van der Waals surface area (Å²) in [6.45, 7) is -0.335. The van der Waals surface area contributed by atoms with E-state index in [1.807, 2.05) is 0 Å². The summed E-state index contributed by atoms with van der Waals surface area (Å²) in [5.41, 5.74) is 5.09. The van der Waals surface area contributed by atoms with Gasteiger partial charge in [0, 0.05) is 12.6 Å². The molecule has 0 saturated carbocycles. The van der Waals surface area contributed by atoms with Crippen molar-refractivity contribution in [3.63, 3.8) is 0 Å². The quantitative estimate of drug-likeness (QED) is 0.629. The Morgan fingerprint density at radius 1 is 1.23 bits per heavy atom.